The van der Waals surface area contributed by atoms with E-state index in [2.05, 4.69) is 116 Å². The fraction of sp³-hybridized carbons (Fsp3) is 0.762. The Morgan fingerprint density at radius 2 is 0.524 bits per heavy atom. The van der Waals surface area contributed by atoms with Crippen LogP contribution in [0.1, 0.15) is 373 Å². The van der Waals surface area contributed by atoms with Gasteiger partial charge in [-0.2, -0.15) is 0 Å². The van der Waals surface area contributed by atoms with Gasteiger partial charge in [0.15, 0.2) is 0 Å². The third-order valence-electron chi connectivity index (χ3n) is 16.8. The summed E-state index contributed by atoms with van der Waals surface area (Å²) in [5.74, 6) is -0.0615. The third kappa shape index (κ3) is 69.8. The van der Waals surface area contributed by atoms with Crippen molar-refractivity contribution in [3.8, 4) is 0 Å². The number of nitrogens with one attached hydrogen (secondary N) is 1. The molecule has 0 aliphatic rings. The normalized spacial score (nSPS) is 13.3. The molecule has 1 amide bonds. The van der Waals surface area contributed by atoms with Crippen LogP contribution in [0.4, 0.5) is 0 Å². The summed E-state index contributed by atoms with van der Waals surface area (Å²) in [6, 6.07) is -0.629. The zero-order valence-corrected chi connectivity index (χ0v) is 56.2. The van der Waals surface area contributed by atoms with Crippen molar-refractivity contribution < 1.29 is 15.0 Å². The third-order valence-corrected chi connectivity index (χ3v) is 16.8. The second-order valence-corrected chi connectivity index (χ2v) is 25.0. The van der Waals surface area contributed by atoms with Crippen LogP contribution < -0.4 is 5.32 Å². The second kappa shape index (κ2) is 74.3. The Kier molecular flexibility index (Phi) is 71.7. The van der Waals surface area contributed by atoms with E-state index in [9.17, 15) is 15.0 Å². The van der Waals surface area contributed by atoms with Crippen LogP contribution in [0.15, 0.2) is 109 Å². The van der Waals surface area contributed by atoms with Crippen LogP contribution in [0.2, 0.25) is 0 Å². The van der Waals surface area contributed by atoms with Crippen molar-refractivity contribution in [1.82, 2.24) is 5.32 Å². The molecule has 0 fully saturated rings. The zero-order valence-electron chi connectivity index (χ0n) is 56.2. The molecule has 0 radical (unpaired) electrons. The number of unbranched alkanes of at least 4 members (excludes halogenated alkanes) is 45. The highest BCUT2D eigenvalue weighted by Gasteiger charge is 2.18. The van der Waals surface area contributed by atoms with E-state index >= 15 is 0 Å². The van der Waals surface area contributed by atoms with Crippen molar-refractivity contribution in [3.63, 3.8) is 0 Å². The molecule has 4 heteroatoms. The molecule has 0 bridgehead atoms. The topological polar surface area (TPSA) is 69.6 Å². The maximum atomic E-state index is 12.6. The van der Waals surface area contributed by atoms with Crippen molar-refractivity contribution in [2.24, 2.45) is 0 Å². The van der Waals surface area contributed by atoms with E-state index in [0.717, 1.165) is 77.0 Å². The number of aliphatic hydroxyl groups excluding tert-OH is 2. The lowest BCUT2D eigenvalue weighted by atomic mass is 10.0. The summed E-state index contributed by atoms with van der Waals surface area (Å²) in [4.78, 5) is 12.6. The molecule has 4 nitrogen and oxygen atoms in total. The van der Waals surface area contributed by atoms with E-state index in [1.165, 1.54) is 276 Å². The maximum absolute atomic E-state index is 12.6. The Labute approximate surface area is 525 Å². The number of amides is 1. The average Bonchev–Trinajstić information content (AvgIpc) is 3.51. The Hall–Kier alpha value is -2.95. The standard InChI is InChI=1S/C80H143NO3/c1-3-5-7-9-11-13-15-17-19-21-23-25-27-29-31-33-35-36-37-38-39-40-41-42-43-44-46-48-50-52-54-56-58-60-62-64-66-68-70-72-74-76-80(84)81-78(77-82)79(83)75-73-71-69-67-65-63-61-59-57-55-53-51-49-47-45-34-32-30-28-26-24-22-20-18-16-14-12-10-8-6-4-2/h5,7,11,13,17,19,23,25,29,31,35-36,38-39,41-42,73,75,78-79,82-83H,3-4,6,8-10,12,14-16,18,20-22,24,26-28,30,32-34,37,40,43-72,74,76-77H2,1-2H3,(H,81,84)/b7-5-,13-11-,19-17-,25-23-,31-29-,36-35-,39-38-,42-41-,75-73+. The van der Waals surface area contributed by atoms with Gasteiger partial charge in [0.2, 0.25) is 5.91 Å². The van der Waals surface area contributed by atoms with Gasteiger partial charge in [0.1, 0.15) is 0 Å². The van der Waals surface area contributed by atoms with Crippen LogP contribution in [0.25, 0.3) is 0 Å². The fourth-order valence-corrected chi connectivity index (χ4v) is 11.2. The minimum atomic E-state index is -0.846. The second-order valence-electron chi connectivity index (χ2n) is 25.0. The van der Waals surface area contributed by atoms with Gasteiger partial charge in [0.05, 0.1) is 18.8 Å². The summed E-state index contributed by atoms with van der Waals surface area (Å²) in [5.41, 5.74) is 0. The molecule has 2 unspecified atom stereocenters. The first-order valence-corrected chi connectivity index (χ1v) is 37.1. The first-order valence-electron chi connectivity index (χ1n) is 37.1. The minimum absolute atomic E-state index is 0.0615. The van der Waals surface area contributed by atoms with Gasteiger partial charge in [-0.25, -0.2) is 0 Å². The summed E-state index contributed by atoms with van der Waals surface area (Å²) in [7, 11) is 0. The summed E-state index contributed by atoms with van der Waals surface area (Å²) in [6.07, 6.45) is 112. The molecule has 486 valence electrons. The van der Waals surface area contributed by atoms with Crippen molar-refractivity contribution >= 4 is 5.91 Å². The molecule has 0 aromatic carbocycles. The predicted octanol–water partition coefficient (Wildman–Crippen LogP) is 25.7. The number of carbonyl (C=O) groups excluding carboxylic acids is 1. The molecule has 0 saturated heterocycles. The lowest BCUT2D eigenvalue weighted by Gasteiger charge is -2.20. The molecule has 0 spiro atoms. The number of rotatable bonds is 68. The average molecular weight is 1170 g/mol. The summed E-state index contributed by atoms with van der Waals surface area (Å²) in [5, 5.41) is 23.3. The molecule has 84 heavy (non-hydrogen) atoms. The molecule has 2 atom stereocenters. The van der Waals surface area contributed by atoms with Crippen molar-refractivity contribution in [3.05, 3.63) is 109 Å². The first-order chi connectivity index (χ1) is 41.7. The molecule has 3 N–H and O–H groups in total. The van der Waals surface area contributed by atoms with E-state index < -0.39 is 12.1 Å². The van der Waals surface area contributed by atoms with Crippen LogP contribution in [-0.4, -0.2) is 34.9 Å². The van der Waals surface area contributed by atoms with E-state index in [-0.39, 0.29) is 12.5 Å². The molecular weight excluding hydrogens is 1020 g/mol. The minimum Gasteiger partial charge on any atom is -0.394 e. The maximum Gasteiger partial charge on any atom is 0.220 e. The van der Waals surface area contributed by atoms with Gasteiger partial charge in [-0.05, 0) is 83.5 Å². The molecule has 0 aromatic rings. The first kappa shape index (κ1) is 81.0. The van der Waals surface area contributed by atoms with Crippen LogP contribution in [-0.2, 0) is 4.79 Å². The lowest BCUT2D eigenvalue weighted by molar-refractivity contribution is -0.123. The number of hydrogen-bond acceptors (Lipinski definition) is 3. The van der Waals surface area contributed by atoms with Crippen molar-refractivity contribution in [2.75, 3.05) is 6.61 Å². The van der Waals surface area contributed by atoms with Gasteiger partial charge in [0, 0.05) is 6.42 Å². The van der Waals surface area contributed by atoms with Gasteiger partial charge < -0.3 is 15.5 Å². The molecule has 0 saturated carbocycles. The van der Waals surface area contributed by atoms with Gasteiger partial charge >= 0.3 is 0 Å². The number of aliphatic hydroxyl groups is 2. The molecule has 0 heterocycles. The highest BCUT2D eigenvalue weighted by Crippen LogP contribution is 2.19. The SMILES string of the molecule is CC/C=C\C/C=C\C/C=C\C/C=C\C/C=C\C/C=C\C/C=C\C/C=C\CCCCCCCCCCCCCCCCCCC(=O)NC(CO)C(O)/C=C/CCCCCCCCCCCCCCCCCCCCCCCCCCCCCCC. The number of allylic oxidation sites excluding steroid dienone is 17. The molecule has 0 aliphatic heterocycles. The van der Waals surface area contributed by atoms with Crippen LogP contribution in [0.5, 0.6) is 0 Å². The highest BCUT2D eigenvalue weighted by atomic mass is 16.3. The van der Waals surface area contributed by atoms with E-state index in [1.54, 1.807) is 6.08 Å². The largest absolute Gasteiger partial charge is 0.394 e. The van der Waals surface area contributed by atoms with Crippen molar-refractivity contribution in [2.45, 2.75) is 386 Å². The summed E-state index contributed by atoms with van der Waals surface area (Å²) < 4.78 is 0. The van der Waals surface area contributed by atoms with Gasteiger partial charge in [-0.1, -0.05) is 393 Å². The Morgan fingerprint density at radius 3 is 0.786 bits per heavy atom. The van der Waals surface area contributed by atoms with E-state index in [0.29, 0.717) is 6.42 Å². The van der Waals surface area contributed by atoms with E-state index in [4.69, 9.17) is 0 Å². The van der Waals surface area contributed by atoms with E-state index in [1.807, 2.05) is 6.08 Å². The number of carbonyl (C=O) groups is 1. The van der Waals surface area contributed by atoms with Crippen LogP contribution in [0, 0.1) is 0 Å². The summed E-state index contributed by atoms with van der Waals surface area (Å²) >= 11 is 0. The highest BCUT2D eigenvalue weighted by molar-refractivity contribution is 5.76. The van der Waals surface area contributed by atoms with Gasteiger partial charge in [-0.3, -0.25) is 4.79 Å². The number of hydrogen-bond donors (Lipinski definition) is 3. The molecular formula is C80H143NO3. The zero-order chi connectivity index (χ0) is 60.5. The van der Waals surface area contributed by atoms with Gasteiger partial charge in [-0.15, -0.1) is 0 Å². The van der Waals surface area contributed by atoms with Crippen molar-refractivity contribution in [1.29, 1.82) is 0 Å². The van der Waals surface area contributed by atoms with Crippen LogP contribution >= 0.6 is 0 Å². The molecule has 0 rings (SSSR count). The fourth-order valence-electron chi connectivity index (χ4n) is 11.2. The molecule has 0 aromatic heterocycles. The Balaban J connectivity index is 3.48. The predicted molar refractivity (Wildman–Crippen MR) is 377 cm³/mol. The van der Waals surface area contributed by atoms with Gasteiger partial charge in [0.25, 0.3) is 0 Å². The summed E-state index contributed by atoms with van der Waals surface area (Å²) in [6.45, 7) is 4.23. The Morgan fingerprint density at radius 1 is 0.298 bits per heavy atom. The van der Waals surface area contributed by atoms with Crippen LogP contribution in [0.3, 0.4) is 0 Å². The monoisotopic (exact) mass is 1170 g/mol. The quantitative estimate of drug-likeness (QED) is 0.0420. The molecule has 0 aliphatic carbocycles. The smallest absolute Gasteiger partial charge is 0.220 e. The lowest BCUT2D eigenvalue weighted by Crippen LogP contribution is -2.45. The Bertz CT molecular complexity index is 1560.